The first-order chi connectivity index (χ1) is 12.1. The lowest BCUT2D eigenvalue weighted by Crippen LogP contribution is -2.24. The van der Waals surface area contributed by atoms with Crippen LogP contribution in [0.5, 0.6) is 0 Å². The Bertz CT molecular complexity index is 965. The second-order valence-electron chi connectivity index (χ2n) is 5.45. The van der Waals surface area contributed by atoms with E-state index < -0.39 is 11.5 Å². The lowest BCUT2D eigenvalue weighted by molar-refractivity contribution is 0.102. The van der Waals surface area contributed by atoms with E-state index in [0.29, 0.717) is 22.1 Å². The second kappa shape index (κ2) is 7.32. The van der Waals surface area contributed by atoms with Crippen molar-refractivity contribution in [3.05, 3.63) is 81.2 Å². The number of aromatic nitrogens is 2. The molecule has 0 atom stereocenters. The maximum atomic E-state index is 12.4. The molecule has 1 aromatic heterocycles. The van der Waals surface area contributed by atoms with Gasteiger partial charge in [0.25, 0.3) is 11.5 Å². The standard InChI is InChI=1S/C19H16ClN3O2/c1-2-12-5-3-4-6-16(12)22-18(24)15-11-21-17(23-19(15)25)13-7-9-14(20)10-8-13/h3-11H,2H2,1H3,(H,22,24)(H,21,23,25). The van der Waals surface area contributed by atoms with E-state index in [-0.39, 0.29) is 5.56 Å². The summed E-state index contributed by atoms with van der Waals surface area (Å²) in [5, 5.41) is 3.36. The van der Waals surface area contributed by atoms with Gasteiger partial charge in [0.15, 0.2) is 0 Å². The molecule has 0 bridgehead atoms. The molecule has 0 aliphatic carbocycles. The molecule has 5 nitrogen and oxygen atoms in total. The number of aromatic amines is 1. The molecular formula is C19H16ClN3O2. The minimum atomic E-state index is -0.494. The maximum Gasteiger partial charge on any atom is 0.264 e. The number of para-hydroxylation sites is 1. The molecule has 0 aliphatic heterocycles. The minimum Gasteiger partial charge on any atom is -0.322 e. The number of benzene rings is 2. The van der Waals surface area contributed by atoms with Crippen LogP contribution < -0.4 is 10.9 Å². The highest BCUT2D eigenvalue weighted by Crippen LogP contribution is 2.18. The molecule has 1 amide bonds. The number of hydrogen-bond acceptors (Lipinski definition) is 3. The normalized spacial score (nSPS) is 10.5. The van der Waals surface area contributed by atoms with Crippen LogP contribution in [0, 0.1) is 0 Å². The molecule has 2 aromatic carbocycles. The summed E-state index contributed by atoms with van der Waals surface area (Å²) >= 11 is 5.85. The zero-order valence-electron chi connectivity index (χ0n) is 13.5. The predicted molar refractivity (Wildman–Crippen MR) is 99.1 cm³/mol. The number of nitrogens with one attached hydrogen (secondary N) is 2. The molecule has 3 rings (SSSR count). The number of aryl methyl sites for hydroxylation is 1. The molecule has 2 N–H and O–H groups in total. The van der Waals surface area contributed by atoms with E-state index >= 15 is 0 Å². The van der Waals surface area contributed by atoms with Crippen molar-refractivity contribution in [1.82, 2.24) is 9.97 Å². The van der Waals surface area contributed by atoms with Crippen molar-refractivity contribution in [3.63, 3.8) is 0 Å². The van der Waals surface area contributed by atoms with Gasteiger partial charge in [0.1, 0.15) is 11.4 Å². The van der Waals surface area contributed by atoms with Gasteiger partial charge in [-0.05, 0) is 42.3 Å². The number of nitrogens with zero attached hydrogens (tertiary/aromatic N) is 1. The Hall–Kier alpha value is -2.92. The second-order valence-corrected chi connectivity index (χ2v) is 5.88. The van der Waals surface area contributed by atoms with Crippen molar-refractivity contribution >= 4 is 23.2 Å². The number of carbonyl (C=O) groups excluding carboxylic acids is 1. The number of rotatable bonds is 4. The van der Waals surface area contributed by atoms with Gasteiger partial charge in [0.05, 0.1) is 0 Å². The average Bonchev–Trinajstić information content (AvgIpc) is 2.62. The third-order valence-corrected chi connectivity index (χ3v) is 4.06. The van der Waals surface area contributed by atoms with E-state index in [2.05, 4.69) is 15.3 Å². The van der Waals surface area contributed by atoms with Gasteiger partial charge in [-0.3, -0.25) is 9.59 Å². The van der Waals surface area contributed by atoms with Gasteiger partial charge in [-0.2, -0.15) is 0 Å². The summed E-state index contributed by atoms with van der Waals surface area (Å²) in [5.41, 5.74) is 1.87. The van der Waals surface area contributed by atoms with Crippen molar-refractivity contribution in [2.75, 3.05) is 5.32 Å². The molecule has 0 spiro atoms. The van der Waals surface area contributed by atoms with Crippen molar-refractivity contribution in [3.8, 4) is 11.4 Å². The summed E-state index contributed by atoms with van der Waals surface area (Å²) in [4.78, 5) is 31.5. The van der Waals surface area contributed by atoms with E-state index in [0.717, 1.165) is 12.0 Å². The molecule has 0 saturated carbocycles. The smallest absolute Gasteiger partial charge is 0.264 e. The van der Waals surface area contributed by atoms with Crippen LogP contribution in [0.25, 0.3) is 11.4 Å². The van der Waals surface area contributed by atoms with Crippen LogP contribution in [0.3, 0.4) is 0 Å². The third-order valence-electron chi connectivity index (χ3n) is 3.81. The molecule has 126 valence electrons. The average molecular weight is 354 g/mol. The van der Waals surface area contributed by atoms with Crippen molar-refractivity contribution < 1.29 is 4.79 Å². The Morgan fingerprint density at radius 2 is 1.88 bits per heavy atom. The quantitative estimate of drug-likeness (QED) is 0.746. The number of hydrogen-bond donors (Lipinski definition) is 2. The summed E-state index contributed by atoms with van der Waals surface area (Å²) in [5.74, 6) is -0.107. The van der Waals surface area contributed by atoms with Crippen LogP contribution in [0.1, 0.15) is 22.8 Å². The number of carbonyl (C=O) groups is 1. The summed E-state index contributed by atoms with van der Waals surface area (Å²) in [7, 11) is 0. The minimum absolute atomic E-state index is 0.0383. The number of halogens is 1. The van der Waals surface area contributed by atoms with Crippen LogP contribution in [0.2, 0.25) is 5.02 Å². The summed E-state index contributed by atoms with van der Waals surface area (Å²) in [6.07, 6.45) is 2.06. The Kier molecular flexibility index (Phi) is 4.95. The van der Waals surface area contributed by atoms with Crippen LogP contribution in [-0.4, -0.2) is 15.9 Å². The van der Waals surface area contributed by atoms with Gasteiger partial charge >= 0.3 is 0 Å². The first-order valence-electron chi connectivity index (χ1n) is 7.83. The lowest BCUT2D eigenvalue weighted by atomic mass is 10.1. The topological polar surface area (TPSA) is 74.8 Å². The zero-order chi connectivity index (χ0) is 17.8. The van der Waals surface area contributed by atoms with Gasteiger partial charge in [-0.25, -0.2) is 4.98 Å². The molecule has 3 aromatic rings. The summed E-state index contributed by atoms with van der Waals surface area (Å²) in [6, 6.07) is 14.4. The molecule has 0 aliphatic rings. The molecule has 6 heteroatoms. The third kappa shape index (κ3) is 3.78. The summed E-state index contributed by atoms with van der Waals surface area (Å²) in [6.45, 7) is 2.00. The fourth-order valence-electron chi connectivity index (χ4n) is 2.45. The molecule has 0 radical (unpaired) electrons. The molecule has 0 unspecified atom stereocenters. The Labute approximate surface area is 149 Å². The van der Waals surface area contributed by atoms with E-state index in [9.17, 15) is 9.59 Å². The Balaban J connectivity index is 1.87. The molecule has 25 heavy (non-hydrogen) atoms. The Morgan fingerprint density at radius 1 is 1.16 bits per heavy atom. The van der Waals surface area contributed by atoms with Gasteiger partial charge < -0.3 is 10.3 Å². The summed E-state index contributed by atoms with van der Waals surface area (Å²) < 4.78 is 0. The van der Waals surface area contributed by atoms with Crippen LogP contribution in [-0.2, 0) is 6.42 Å². The van der Waals surface area contributed by atoms with Crippen molar-refractivity contribution in [2.45, 2.75) is 13.3 Å². The molecule has 0 saturated heterocycles. The first kappa shape index (κ1) is 16.9. The Morgan fingerprint density at radius 3 is 2.56 bits per heavy atom. The van der Waals surface area contributed by atoms with Gasteiger partial charge in [-0.15, -0.1) is 0 Å². The highest BCUT2D eigenvalue weighted by Gasteiger charge is 2.14. The van der Waals surface area contributed by atoms with E-state index in [1.807, 2.05) is 25.1 Å². The van der Waals surface area contributed by atoms with Gasteiger partial charge in [-0.1, -0.05) is 36.7 Å². The number of amides is 1. The number of H-pyrrole nitrogens is 1. The largest absolute Gasteiger partial charge is 0.322 e. The predicted octanol–water partition coefficient (Wildman–Crippen LogP) is 3.91. The van der Waals surface area contributed by atoms with Crippen molar-refractivity contribution in [2.24, 2.45) is 0 Å². The molecular weight excluding hydrogens is 338 g/mol. The SMILES string of the molecule is CCc1ccccc1NC(=O)c1cnc(-c2ccc(Cl)cc2)[nH]c1=O. The fourth-order valence-corrected chi connectivity index (χ4v) is 2.58. The molecule has 0 fully saturated rings. The highest BCUT2D eigenvalue weighted by atomic mass is 35.5. The highest BCUT2D eigenvalue weighted by molar-refractivity contribution is 6.30. The molecule has 1 heterocycles. The monoisotopic (exact) mass is 353 g/mol. The van der Waals surface area contributed by atoms with Crippen LogP contribution >= 0.6 is 11.6 Å². The van der Waals surface area contributed by atoms with Gasteiger partial charge in [0, 0.05) is 22.5 Å². The number of anilines is 1. The van der Waals surface area contributed by atoms with Gasteiger partial charge in [0.2, 0.25) is 0 Å². The van der Waals surface area contributed by atoms with E-state index in [4.69, 9.17) is 11.6 Å². The lowest BCUT2D eigenvalue weighted by Gasteiger charge is -2.09. The van der Waals surface area contributed by atoms with E-state index in [1.165, 1.54) is 6.20 Å². The van der Waals surface area contributed by atoms with Crippen molar-refractivity contribution in [1.29, 1.82) is 0 Å². The van der Waals surface area contributed by atoms with Crippen LogP contribution in [0.15, 0.2) is 59.5 Å². The van der Waals surface area contributed by atoms with E-state index in [1.54, 1.807) is 30.3 Å². The fraction of sp³-hybridized carbons (Fsp3) is 0.105. The maximum absolute atomic E-state index is 12.4. The van der Waals surface area contributed by atoms with Crippen LogP contribution in [0.4, 0.5) is 5.69 Å². The zero-order valence-corrected chi connectivity index (χ0v) is 14.3. The first-order valence-corrected chi connectivity index (χ1v) is 8.21.